The summed E-state index contributed by atoms with van der Waals surface area (Å²) in [7, 11) is 1.81. The second kappa shape index (κ2) is 4.72. The molecule has 82 valence electrons. The molecule has 5 heteroatoms. The molecule has 0 bridgehead atoms. The Balaban J connectivity index is 3.10. The van der Waals surface area contributed by atoms with E-state index in [2.05, 4.69) is 5.10 Å². The van der Waals surface area contributed by atoms with Crippen LogP contribution in [0, 0.1) is 10.1 Å². The van der Waals surface area contributed by atoms with Gasteiger partial charge in [-0.1, -0.05) is 13.8 Å². The fourth-order valence-electron chi connectivity index (χ4n) is 1.41. The van der Waals surface area contributed by atoms with Crippen molar-refractivity contribution in [3.05, 3.63) is 33.3 Å². The van der Waals surface area contributed by atoms with E-state index in [1.807, 2.05) is 14.0 Å². The van der Waals surface area contributed by atoms with Gasteiger partial charge < -0.3 is 0 Å². The lowest BCUT2D eigenvalue weighted by Crippen LogP contribution is -1.97. The molecule has 5 nitrogen and oxygen atoms in total. The molecule has 0 fully saturated rings. The molecule has 15 heavy (non-hydrogen) atoms. The molecule has 0 aliphatic heterocycles. The van der Waals surface area contributed by atoms with Crippen LogP contribution in [-0.2, 0) is 13.5 Å². The summed E-state index contributed by atoms with van der Waals surface area (Å²) in [6, 6.07) is 0. The lowest BCUT2D eigenvalue weighted by molar-refractivity contribution is -0.425. The summed E-state index contributed by atoms with van der Waals surface area (Å²) >= 11 is 0. The van der Waals surface area contributed by atoms with E-state index in [4.69, 9.17) is 0 Å². The van der Waals surface area contributed by atoms with E-state index in [0.717, 1.165) is 17.7 Å². The molecule has 0 atom stereocenters. The number of allylic oxidation sites excluding steroid dienone is 1. The molecule has 0 aliphatic carbocycles. The molecular formula is C10H15N3O2. The van der Waals surface area contributed by atoms with Gasteiger partial charge in [0.15, 0.2) is 0 Å². The van der Waals surface area contributed by atoms with Crippen LogP contribution < -0.4 is 0 Å². The first-order chi connectivity index (χ1) is 7.08. The quantitative estimate of drug-likeness (QED) is 0.563. The van der Waals surface area contributed by atoms with E-state index in [0.29, 0.717) is 6.42 Å². The summed E-state index contributed by atoms with van der Waals surface area (Å²) in [5.74, 6) is 0. The van der Waals surface area contributed by atoms with Gasteiger partial charge in [-0.25, -0.2) is 0 Å². The van der Waals surface area contributed by atoms with Gasteiger partial charge in [0, 0.05) is 31.3 Å². The number of aromatic nitrogens is 2. The monoisotopic (exact) mass is 209 g/mol. The van der Waals surface area contributed by atoms with E-state index in [1.165, 1.54) is 0 Å². The number of nitrogens with zero attached hydrogens (tertiary/aromatic N) is 3. The number of aryl methyl sites for hydroxylation is 2. The van der Waals surface area contributed by atoms with Gasteiger partial charge >= 0.3 is 0 Å². The number of nitro groups is 1. The SMILES string of the molecule is CCC(=Cc1cn(C)nc1CC)[N+](=O)[O-]. The minimum atomic E-state index is -0.341. The van der Waals surface area contributed by atoms with Crippen LogP contribution in [-0.4, -0.2) is 14.7 Å². The van der Waals surface area contributed by atoms with Crippen molar-refractivity contribution in [3.63, 3.8) is 0 Å². The van der Waals surface area contributed by atoms with Gasteiger partial charge in [0.2, 0.25) is 5.70 Å². The van der Waals surface area contributed by atoms with E-state index in [1.54, 1.807) is 23.9 Å². The molecule has 0 radical (unpaired) electrons. The van der Waals surface area contributed by atoms with Crippen LogP contribution in [0.3, 0.4) is 0 Å². The van der Waals surface area contributed by atoms with Crippen LogP contribution in [0.15, 0.2) is 11.9 Å². The molecule has 1 rings (SSSR count). The predicted molar refractivity (Wildman–Crippen MR) is 57.8 cm³/mol. The van der Waals surface area contributed by atoms with Crippen molar-refractivity contribution in [2.24, 2.45) is 7.05 Å². The molecular weight excluding hydrogens is 194 g/mol. The highest BCUT2D eigenvalue weighted by atomic mass is 16.6. The van der Waals surface area contributed by atoms with Crippen LogP contribution in [0.2, 0.25) is 0 Å². The highest BCUT2D eigenvalue weighted by Gasteiger charge is 2.10. The molecule has 0 saturated heterocycles. The van der Waals surface area contributed by atoms with Gasteiger partial charge in [-0.15, -0.1) is 0 Å². The predicted octanol–water partition coefficient (Wildman–Crippen LogP) is 2.01. The zero-order chi connectivity index (χ0) is 11.4. The first-order valence-electron chi connectivity index (χ1n) is 4.96. The summed E-state index contributed by atoms with van der Waals surface area (Å²) in [6.45, 7) is 3.76. The maximum atomic E-state index is 10.7. The molecule has 0 saturated carbocycles. The highest BCUT2D eigenvalue weighted by molar-refractivity contribution is 5.52. The molecule has 0 unspecified atom stereocenters. The van der Waals surface area contributed by atoms with Crippen molar-refractivity contribution >= 4 is 6.08 Å². The third-order valence-electron chi connectivity index (χ3n) is 2.19. The maximum absolute atomic E-state index is 10.7. The Kier molecular flexibility index (Phi) is 3.60. The summed E-state index contributed by atoms with van der Waals surface area (Å²) < 4.78 is 1.68. The largest absolute Gasteiger partial charge is 0.275 e. The first-order valence-corrected chi connectivity index (χ1v) is 4.96. The Hall–Kier alpha value is -1.65. The fourth-order valence-corrected chi connectivity index (χ4v) is 1.41. The summed E-state index contributed by atoms with van der Waals surface area (Å²) in [5.41, 5.74) is 1.96. The standard InChI is InChI=1S/C10H15N3O2/c1-4-9(13(14)15)6-8-7-12(3)11-10(8)5-2/h6-7H,4-5H2,1-3H3. The zero-order valence-electron chi connectivity index (χ0n) is 9.23. The van der Waals surface area contributed by atoms with Gasteiger partial charge in [-0.05, 0) is 6.42 Å². The minimum Gasteiger partial charge on any atom is -0.275 e. The second-order valence-corrected chi connectivity index (χ2v) is 3.30. The topological polar surface area (TPSA) is 61.0 Å². The number of rotatable bonds is 4. The van der Waals surface area contributed by atoms with Gasteiger partial charge in [0.25, 0.3) is 0 Å². The highest BCUT2D eigenvalue weighted by Crippen LogP contribution is 2.14. The Morgan fingerprint density at radius 1 is 1.67 bits per heavy atom. The lowest BCUT2D eigenvalue weighted by Gasteiger charge is -1.94. The zero-order valence-corrected chi connectivity index (χ0v) is 9.23. The van der Waals surface area contributed by atoms with Gasteiger partial charge in [0.1, 0.15) is 0 Å². The molecule has 0 aliphatic rings. The van der Waals surface area contributed by atoms with Crippen molar-refractivity contribution in [2.45, 2.75) is 26.7 Å². The smallest absolute Gasteiger partial charge is 0.246 e. The van der Waals surface area contributed by atoms with E-state index < -0.39 is 0 Å². The van der Waals surface area contributed by atoms with Crippen molar-refractivity contribution in [2.75, 3.05) is 0 Å². The Morgan fingerprint density at radius 2 is 2.33 bits per heavy atom. The Morgan fingerprint density at radius 3 is 2.80 bits per heavy atom. The second-order valence-electron chi connectivity index (χ2n) is 3.30. The number of hydrogen-bond donors (Lipinski definition) is 0. The molecule has 1 heterocycles. The average molecular weight is 209 g/mol. The van der Waals surface area contributed by atoms with Gasteiger partial charge in [-0.3, -0.25) is 14.8 Å². The van der Waals surface area contributed by atoms with Crippen LogP contribution in [0.4, 0.5) is 0 Å². The molecule has 0 amide bonds. The van der Waals surface area contributed by atoms with E-state index in [-0.39, 0.29) is 10.6 Å². The van der Waals surface area contributed by atoms with Crippen molar-refractivity contribution in [1.82, 2.24) is 9.78 Å². The van der Waals surface area contributed by atoms with Crippen LogP contribution in [0.5, 0.6) is 0 Å². The van der Waals surface area contributed by atoms with Gasteiger partial charge in [0.05, 0.1) is 10.6 Å². The van der Waals surface area contributed by atoms with Crippen LogP contribution in [0.1, 0.15) is 31.5 Å². The Bertz CT molecular complexity index is 393. The molecule has 0 spiro atoms. The first kappa shape index (κ1) is 11.4. The number of hydrogen-bond acceptors (Lipinski definition) is 3. The maximum Gasteiger partial charge on any atom is 0.246 e. The Labute approximate surface area is 88.6 Å². The third kappa shape index (κ3) is 2.65. The molecule has 0 aromatic carbocycles. The average Bonchev–Trinajstić information content (AvgIpc) is 2.54. The summed E-state index contributed by atoms with van der Waals surface area (Å²) in [6.07, 6.45) is 4.61. The summed E-state index contributed by atoms with van der Waals surface area (Å²) in [5, 5.41) is 14.9. The fraction of sp³-hybridized carbons (Fsp3) is 0.500. The van der Waals surface area contributed by atoms with E-state index >= 15 is 0 Å². The van der Waals surface area contributed by atoms with Crippen molar-refractivity contribution < 1.29 is 4.92 Å². The van der Waals surface area contributed by atoms with Crippen molar-refractivity contribution in [3.8, 4) is 0 Å². The third-order valence-corrected chi connectivity index (χ3v) is 2.19. The normalized spacial score (nSPS) is 11.8. The minimum absolute atomic E-state index is 0.220. The molecule has 0 N–H and O–H groups in total. The molecule has 1 aromatic heterocycles. The van der Waals surface area contributed by atoms with Crippen molar-refractivity contribution in [1.29, 1.82) is 0 Å². The molecule has 1 aromatic rings. The van der Waals surface area contributed by atoms with Gasteiger partial charge in [-0.2, -0.15) is 5.10 Å². The summed E-state index contributed by atoms with van der Waals surface area (Å²) in [4.78, 5) is 10.3. The van der Waals surface area contributed by atoms with Crippen LogP contribution in [0.25, 0.3) is 6.08 Å². The lowest BCUT2D eigenvalue weighted by atomic mass is 10.1. The van der Waals surface area contributed by atoms with E-state index in [9.17, 15) is 10.1 Å². The van der Waals surface area contributed by atoms with Crippen LogP contribution >= 0.6 is 0 Å².